The molecule has 2 rings (SSSR count). The number of terminal acetylenes is 1. The SMILES string of the molecule is C#CC/C=C/OC.C/C=C/C=N/Nc1ncc(-c2cccc(C(=O)O)c2)cc1C.CC. The molecule has 0 unspecified atom stereocenters. The smallest absolute Gasteiger partial charge is 0.335 e. The molecule has 6 heteroatoms. The first-order valence-corrected chi connectivity index (χ1v) is 9.85. The molecule has 0 amide bonds. The molecule has 0 saturated heterocycles. The number of nitrogens with zero attached hydrogens (tertiary/aromatic N) is 2. The minimum absolute atomic E-state index is 0.258. The van der Waals surface area contributed by atoms with Gasteiger partial charge in [-0.3, -0.25) is 5.43 Å². The van der Waals surface area contributed by atoms with E-state index in [0.29, 0.717) is 12.2 Å². The molecule has 0 aliphatic rings. The highest BCUT2D eigenvalue weighted by molar-refractivity contribution is 5.89. The summed E-state index contributed by atoms with van der Waals surface area (Å²) in [7, 11) is 1.59. The molecule has 0 aliphatic carbocycles. The zero-order chi connectivity index (χ0) is 23.5. The summed E-state index contributed by atoms with van der Waals surface area (Å²) in [5, 5.41) is 13.1. The summed E-state index contributed by atoms with van der Waals surface area (Å²) in [5.41, 5.74) is 5.74. The Labute approximate surface area is 185 Å². The largest absolute Gasteiger partial charge is 0.505 e. The number of rotatable bonds is 7. The van der Waals surface area contributed by atoms with E-state index in [1.165, 1.54) is 0 Å². The van der Waals surface area contributed by atoms with Crippen molar-refractivity contribution < 1.29 is 14.6 Å². The Bertz CT molecular complexity index is 926. The summed E-state index contributed by atoms with van der Waals surface area (Å²) in [4.78, 5) is 15.4. The summed E-state index contributed by atoms with van der Waals surface area (Å²) >= 11 is 0. The van der Waals surface area contributed by atoms with Crippen LogP contribution in [0.2, 0.25) is 0 Å². The van der Waals surface area contributed by atoms with Crippen LogP contribution in [0.15, 0.2) is 66.1 Å². The van der Waals surface area contributed by atoms with Gasteiger partial charge in [-0.05, 0) is 55.3 Å². The van der Waals surface area contributed by atoms with Crippen molar-refractivity contribution >= 4 is 18.0 Å². The molecule has 0 saturated carbocycles. The number of hydrazone groups is 1. The number of benzene rings is 1. The van der Waals surface area contributed by atoms with Crippen LogP contribution >= 0.6 is 0 Å². The molecular weight excluding hydrogens is 390 g/mol. The van der Waals surface area contributed by atoms with E-state index in [1.54, 1.807) is 50.1 Å². The molecule has 0 bridgehead atoms. The van der Waals surface area contributed by atoms with Crippen molar-refractivity contribution in [2.75, 3.05) is 12.5 Å². The quantitative estimate of drug-likeness (QED) is 0.251. The van der Waals surface area contributed by atoms with Crippen molar-refractivity contribution in [3.63, 3.8) is 0 Å². The zero-order valence-corrected chi connectivity index (χ0v) is 18.8. The van der Waals surface area contributed by atoms with Gasteiger partial charge in [0.05, 0.1) is 18.9 Å². The van der Waals surface area contributed by atoms with Gasteiger partial charge in [-0.25, -0.2) is 9.78 Å². The van der Waals surface area contributed by atoms with Crippen LogP contribution in [0.5, 0.6) is 0 Å². The third kappa shape index (κ3) is 11.1. The van der Waals surface area contributed by atoms with Crippen molar-refractivity contribution in [1.82, 2.24) is 4.98 Å². The van der Waals surface area contributed by atoms with Gasteiger partial charge in [0.2, 0.25) is 0 Å². The van der Waals surface area contributed by atoms with E-state index in [9.17, 15) is 4.79 Å². The first kappa shape index (κ1) is 27.2. The van der Waals surface area contributed by atoms with Gasteiger partial charge in [0.15, 0.2) is 0 Å². The van der Waals surface area contributed by atoms with Crippen molar-refractivity contribution in [3.8, 4) is 23.5 Å². The first-order valence-electron chi connectivity index (χ1n) is 9.85. The molecule has 0 spiro atoms. The molecule has 0 radical (unpaired) electrons. The summed E-state index contributed by atoms with van der Waals surface area (Å²) in [5.74, 6) is 2.16. The number of anilines is 1. The fraction of sp³-hybridized carbons (Fsp3) is 0.240. The maximum Gasteiger partial charge on any atom is 0.335 e. The Hall–Kier alpha value is -3.85. The fourth-order valence-corrected chi connectivity index (χ4v) is 2.12. The van der Waals surface area contributed by atoms with Crippen molar-refractivity contribution in [1.29, 1.82) is 0 Å². The molecule has 1 heterocycles. The molecule has 1 aromatic heterocycles. The Morgan fingerprint density at radius 1 is 1.32 bits per heavy atom. The number of pyridine rings is 1. The highest BCUT2D eigenvalue weighted by Crippen LogP contribution is 2.23. The third-order valence-electron chi connectivity index (χ3n) is 3.51. The van der Waals surface area contributed by atoms with Crippen LogP contribution in [0.3, 0.4) is 0 Å². The predicted molar refractivity (Wildman–Crippen MR) is 129 cm³/mol. The molecule has 2 aromatic rings. The Balaban J connectivity index is 0.000000852. The lowest BCUT2D eigenvalue weighted by molar-refractivity contribution is 0.0697. The van der Waals surface area contributed by atoms with Gasteiger partial charge in [0.1, 0.15) is 5.82 Å². The normalized spacial score (nSPS) is 10.1. The van der Waals surface area contributed by atoms with Crippen LogP contribution in [0, 0.1) is 19.3 Å². The maximum absolute atomic E-state index is 11.0. The molecular formula is C25H31N3O3. The second kappa shape index (κ2) is 17.0. The minimum atomic E-state index is -0.942. The third-order valence-corrected chi connectivity index (χ3v) is 3.51. The van der Waals surface area contributed by atoms with Gasteiger partial charge in [-0.15, -0.1) is 12.3 Å². The second-order valence-corrected chi connectivity index (χ2v) is 5.71. The summed E-state index contributed by atoms with van der Waals surface area (Å²) in [6.07, 6.45) is 15.9. The predicted octanol–water partition coefficient (Wildman–Crippen LogP) is 5.93. The Morgan fingerprint density at radius 3 is 2.65 bits per heavy atom. The number of aromatic carboxylic acids is 1. The highest BCUT2D eigenvalue weighted by Gasteiger charge is 2.07. The van der Waals surface area contributed by atoms with Crippen LogP contribution in [0.25, 0.3) is 11.1 Å². The first-order chi connectivity index (χ1) is 15.0. The number of aryl methyl sites for hydroxylation is 1. The summed E-state index contributed by atoms with van der Waals surface area (Å²) in [6.45, 7) is 7.83. The van der Waals surface area contributed by atoms with E-state index in [-0.39, 0.29) is 5.56 Å². The molecule has 164 valence electrons. The summed E-state index contributed by atoms with van der Waals surface area (Å²) < 4.78 is 4.57. The van der Waals surface area contributed by atoms with Gasteiger partial charge in [-0.1, -0.05) is 32.1 Å². The maximum atomic E-state index is 11.0. The van der Waals surface area contributed by atoms with Gasteiger partial charge in [0, 0.05) is 24.4 Å². The van der Waals surface area contributed by atoms with E-state index in [2.05, 4.69) is 26.2 Å². The van der Waals surface area contributed by atoms with E-state index in [0.717, 1.165) is 16.7 Å². The van der Waals surface area contributed by atoms with E-state index >= 15 is 0 Å². The highest BCUT2D eigenvalue weighted by atomic mass is 16.5. The number of hydrogen-bond acceptors (Lipinski definition) is 5. The van der Waals surface area contributed by atoms with Crippen molar-refractivity contribution in [2.45, 2.75) is 34.1 Å². The van der Waals surface area contributed by atoms with Crippen LogP contribution in [-0.2, 0) is 4.74 Å². The lowest BCUT2D eigenvalue weighted by Crippen LogP contribution is -1.97. The van der Waals surface area contributed by atoms with Crippen LogP contribution in [0.1, 0.15) is 43.1 Å². The number of nitrogens with one attached hydrogen (secondary N) is 1. The van der Waals surface area contributed by atoms with Crippen LogP contribution < -0.4 is 5.43 Å². The number of carbonyl (C=O) groups is 1. The van der Waals surface area contributed by atoms with E-state index in [4.69, 9.17) is 11.5 Å². The number of methoxy groups -OCH3 is 1. The fourth-order valence-electron chi connectivity index (χ4n) is 2.12. The molecule has 1 aromatic carbocycles. The standard InChI is InChI=1S/C17H17N3O2.C6H8O.C2H6/c1-3-4-8-19-20-16-12(2)9-15(11-18-16)13-6-5-7-14(10-13)17(21)22;1-3-4-5-6-7-2;1-2/h3-11H,1-2H3,(H,18,20)(H,21,22);1,5-6H,4H2,2H3;1-2H3/b4-3+,19-8+;6-5+;. The Kier molecular flexibility index (Phi) is 14.9. The van der Waals surface area contributed by atoms with Gasteiger partial charge in [0.25, 0.3) is 0 Å². The second-order valence-electron chi connectivity index (χ2n) is 5.71. The molecule has 0 aliphatic heterocycles. The number of allylic oxidation sites excluding steroid dienone is 3. The monoisotopic (exact) mass is 421 g/mol. The minimum Gasteiger partial charge on any atom is -0.505 e. The number of aromatic nitrogens is 1. The Morgan fingerprint density at radius 2 is 2.06 bits per heavy atom. The molecule has 6 nitrogen and oxygen atoms in total. The molecule has 0 atom stereocenters. The van der Waals surface area contributed by atoms with E-state index in [1.807, 2.05) is 52.0 Å². The number of hydrogen-bond donors (Lipinski definition) is 2. The lowest BCUT2D eigenvalue weighted by atomic mass is 10.0. The van der Waals surface area contributed by atoms with E-state index < -0.39 is 5.97 Å². The van der Waals surface area contributed by atoms with Crippen molar-refractivity contribution in [2.24, 2.45) is 5.10 Å². The molecule has 2 N–H and O–H groups in total. The molecule has 0 fully saturated rings. The van der Waals surface area contributed by atoms with Crippen LogP contribution in [-0.4, -0.2) is 29.4 Å². The molecule has 31 heavy (non-hydrogen) atoms. The topological polar surface area (TPSA) is 83.8 Å². The lowest BCUT2D eigenvalue weighted by Gasteiger charge is -2.07. The van der Waals surface area contributed by atoms with Gasteiger partial charge < -0.3 is 9.84 Å². The average molecular weight is 422 g/mol. The summed E-state index contributed by atoms with van der Waals surface area (Å²) in [6, 6.07) is 8.73. The number of ether oxygens (including phenoxy) is 1. The number of carboxylic acids is 1. The van der Waals surface area contributed by atoms with Crippen molar-refractivity contribution in [3.05, 3.63) is 72.1 Å². The van der Waals surface area contributed by atoms with Gasteiger partial charge >= 0.3 is 5.97 Å². The average Bonchev–Trinajstić information content (AvgIpc) is 2.80. The number of carboxylic acid groups (broad SMARTS) is 1. The van der Waals surface area contributed by atoms with Gasteiger partial charge in [-0.2, -0.15) is 5.10 Å². The zero-order valence-electron chi connectivity index (χ0n) is 18.8. The van der Waals surface area contributed by atoms with Crippen LogP contribution in [0.4, 0.5) is 5.82 Å².